The first-order valence-corrected chi connectivity index (χ1v) is 6.77. The Bertz CT molecular complexity index is 519. The van der Waals surface area contributed by atoms with Crippen LogP contribution in [0.2, 0.25) is 0 Å². The fraction of sp³-hybridized carbons (Fsp3) is 0.500. The standard InChI is InChI=1S/C14H18F2N2O3/c1-9(8-18-4-6-21-7-5-18)17-11-3-2-10(14(19)20)12(15)13(11)16/h2-3,9,17H,4-8H2,1H3,(H,19,20). The quantitative estimate of drug-likeness (QED) is 0.868. The Hall–Kier alpha value is -1.73. The molecule has 1 aliphatic heterocycles. The number of halogens is 2. The third kappa shape index (κ3) is 3.89. The summed E-state index contributed by atoms with van der Waals surface area (Å²) in [7, 11) is 0. The number of nitrogens with zero attached hydrogens (tertiary/aromatic N) is 1. The molecule has 1 unspecified atom stereocenters. The molecule has 1 atom stereocenters. The first-order chi connectivity index (χ1) is 9.99. The van der Waals surface area contributed by atoms with Crippen molar-refractivity contribution < 1.29 is 23.4 Å². The number of benzene rings is 1. The zero-order chi connectivity index (χ0) is 15.4. The van der Waals surface area contributed by atoms with Gasteiger partial charge in [0.1, 0.15) is 0 Å². The highest BCUT2D eigenvalue weighted by atomic mass is 19.2. The molecular weight excluding hydrogens is 282 g/mol. The molecule has 1 fully saturated rings. The Morgan fingerprint density at radius 2 is 2.05 bits per heavy atom. The molecule has 0 aromatic heterocycles. The lowest BCUT2D eigenvalue weighted by atomic mass is 10.1. The third-order valence-electron chi connectivity index (χ3n) is 3.35. The third-order valence-corrected chi connectivity index (χ3v) is 3.35. The zero-order valence-corrected chi connectivity index (χ0v) is 11.7. The number of morpholine rings is 1. The van der Waals surface area contributed by atoms with Crippen molar-refractivity contribution in [3.63, 3.8) is 0 Å². The smallest absolute Gasteiger partial charge is 0.338 e. The Balaban J connectivity index is 2.01. The number of rotatable bonds is 5. The number of ether oxygens (including phenoxy) is 1. The molecule has 1 saturated heterocycles. The monoisotopic (exact) mass is 300 g/mol. The van der Waals surface area contributed by atoms with E-state index in [0.29, 0.717) is 19.8 Å². The largest absolute Gasteiger partial charge is 0.478 e. The lowest BCUT2D eigenvalue weighted by Crippen LogP contribution is -2.42. The molecule has 0 saturated carbocycles. The van der Waals surface area contributed by atoms with Crippen LogP contribution in [0.1, 0.15) is 17.3 Å². The van der Waals surface area contributed by atoms with E-state index in [4.69, 9.17) is 9.84 Å². The molecule has 0 spiro atoms. The van der Waals surface area contributed by atoms with Gasteiger partial charge in [-0.2, -0.15) is 0 Å². The predicted octanol–water partition coefficient (Wildman–Crippen LogP) is 1.80. The molecule has 0 amide bonds. The number of carboxylic acids is 1. The highest BCUT2D eigenvalue weighted by Crippen LogP contribution is 2.21. The highest BCUT2D eigenvalue weighted by molar-refractivity contribution is 5.88. The number of nitrogens with one attached hydrogen (secondary N) is 1. The highest BCUT2D eigenvalue weighted by Gasteiger charge is 2.20. The average molecular weight is 300 g/mol. The molecule has 1 heterocycles. The number of carbonyl (C=O) groups is 1. The van der Waals surface area contributed by atoms with Gasteiger partial charge in [-0.25, -0.2) is 13.6 Å². The molecule has 2 N–H and O–H groups in total. The van der Waals surface area contributed by atoms with Gasteiger partial charge in [0.05, 0.1) is 24.5 Å². The van der Waals surface area contributed by atoms with Crippen LogP contribution in [0.3, 0.4) is 0 Å². The maximum Gasteiger partial charge on any atom is 0.338 e. The van der Waals surface area contributed by atoms with E-state index in [2.05, 4.69) is 10.2 Å². The van der Waals surface area contributed by atoms with Gasteiger partial charge in [0.15, 0.2) is 11.6 Å². The molecule has 116 valence electrons. The van der Waals surface area contributed by atoms with Crippen LogP contribution in [-0.2, 0) is 4.74 Å². The minimum Gasteiger partial charge on any atom is -0.478 e. The molecule has 1 aromatic rings. The lowest BCUT2D eigenvalue weighted by Gasteiger charge is -2.29. The topological polar surface area (TPSA) is 61.8 Å². The van der Waals surface area contributed by atoms with Crippen molar-refractivity contribution in [1.82, 2.24) is 4.90 Å². The van der Waals surface area contributed by atoms with Gasteiger partial charge in [-0.05, 0) is 19.1 Å². The van der Waals surface area contributed by atoms with Crippen molar-refractivity contribution in [3.05, 3.63) is 29.3 Å². The summed E-state index contributed by atoms with van der Waals surface area (Å²) in [5.74, 6) is -3.99. The lowest BCUT2D eigenvalue weighted by molar-refractivity contribution is 0.0368. The van der Waals surface area contributed by atoms with Crippen LogP contribution >= 0.6 is 0 Å². The van der Waals surface area contributed by atoms with Crippen molar-refractivity contribution in [3.8, 4) is 0 Å². The molecule has 1 aliphatic rings. The van der Waals surface area contributed by atoms with Crippen LogP contribution in [0.15, 0.2) is 12.1 Å². The van der Waals surface area contributed by atoms with E-state index < -0.39 is 23.2 Å². The number of aromatic carboxylic acids is 1. The van der Waals surface area contributed by atoms with Gasteiger partial charge in [-0.15, -0.1) is 0 Å². The van der Waals surface area contributed by atoms with Gasteiger partial charge in [0.2, 0.25) is 0 Å². The first-order valence-electron chi connectivity index (χ1n) is 6.77. The summed E-state index contributed by atoms with van der Waals surface area (Å²) < 4.78 is 32.7. The van der Waals surface area contributed by atoms with Crippen LogP contribution in [0.5, 0.6) is 0 Å². The van der Waals surface area contributed by atoms with Gasteiger partial charge in [-0.1, -0.05) is 0 Å². The first kappa shape index (κ1) is 15.7. The number of anilines is 1. The SMILES string of the molecule is CC(CN1CCOCC1)Nc1ccc(C(=O)O)c(F)c1F. The van der Waals surface area contributed by atoms with E-state index in [1.165, 1.54) is 6.07 Å². The summed E-state index contributed by atoms with van der Waals surface area (Å²) in [6.45, 7) is 5.48. The minimum atomic E-state index is -1.49. The molecule has 0 radical (unpaired) electrons. The molecule has 5 nitrogen and oxygen atoms in total. The molecule has 2 rings (SSSR count). The Labute approximate surface area is 121 Å². The van der Waals surface area contributed by atoms with Crippen LogP contribution in [-0.4, -0.2) is 54.9 Å². The Kier molecular flexibility index (Phi) is 5.08. The molecule has 1 aromatic carbocycles. The maximum atomic E-state index is 13.8. The molecular formula is C14H18F2N2O3. The van der Waals surface area contributed by atoms with Crippen LogP contribution < -0.4 is 5.32 Å². The summed E-state index contributed by atoms with van der Waals surface area (Å²) in [5.41, 5.74) is -0.697. The predicted molar refractivity (Wildman–Crippen MR) is 73.7 cm³/mol. The second kappa shape index (κ2) is 6.82. The number of carboxylic acid groups (broad SMARTS) is 1. The summed E-state index contributed by atoms with van der Waals surface area (Å²) >= 11 is 0. The van der Waals surface area contributed by atoms with Gasteiger partial charge < -0.3 is 15.2 Å². The molecule has 0 bridgehead atoms. The number of hydrogen-bond acceptors (Lipinski definition) is 4. The fourth-order valence-corrected chi connectivity index (χ4v) is 2.31. The van der Waals surface area contributed by atoms with Crippen molar-refractivity contribution in [2.45, 2.75) is 13.0 Å². The minimum absolute atomic E-state index is 0.0294. The Morgan fingerprint density at radius 1 is 1.38 bits per heavy atom. The van der Waals surface area contributed by atoms with E-state index in [-0.39, 0.29) is 11.7 Å². The second-order valence-corrected chi connectivity index (χ2v) is 5.05. The van der Waals surface area contributed by atoms with Crippen LogP contribution in [0, 0.1) is 11.6 Å². The van der Waals surface area contributed by atoms with Gasteiger partial charge in [0, 0.05) is 25.7 Å². The van der Waals surface area contributed by atoms with Crippen molar-refractivity contribution in [1.29, 1.82) is 0 Å². The zero-order valence-electron chi connectivity index (χ0n) is 11.7. The molecule has 0 aliphatic carbocycles. The molecule has 21 heavy (non-hydrogen) atoms. The van der Waals surface area contributed by atoms with Gasteiger partial charge in [-0.3, -0.25) is 4.90 Å². The summed E-state index contributed by atoms with van der Waals surface area (Å²) in [6.07, 6.45) is 0. The summed E-state index contributed by atoms with van der Waals surface area (Å²) in [6, 6.07) is 2.20. The second-order valence-electron chi connectivity index (χ2n) is 5.05. The normalized spacial score (nSPS) is 17.5. The molecule has 7 heteroatoms. The van der Waals surface area contributed by atoms with E-state index in [0.717, 1.165) is 19.2 Å². The van der Waals surface area contributed by atoms with Crippen LogP contribution in [0.4, 0.5) is 14.5 Å². The van der Waals surface area contributed by atoms with E-state index >= 15 is 0 Å². The van der Waals surface area contributed by atoms with Gasteiger partial charge in [0.25, 0.3) is 0 Å². The summed E-state index contributed by atoms with van der Waals surface area (Å²) in [5, 5.41) is 11.6. The fourth-order valence-electron chi connectivity index (χ4n) is 2.31. The summed E-state index contributed by atoms with van der Waals surface area (Å²) in [4.78, 5) is 12.9. The van der Waals surface area contributed by atoms with E-state index in [1.54, 1.807) is 0 Å². The maximum absolute atomic E-state index is 13.8. The van der Waals surface area contributed by atoms with E-state index in [9.17, 15) is 13.6 Å². The van der Waals surface area contributed by atoms with Crippen molar-refractivity contribution >= 4 is 11.7 Å². The van der Waals surface area contributed by atoms with Gasteiger partial charge >= 0.3 is 5.97 Å². The average Bonchev–Trinajstić information content (AvgIpc) is 2.44. The van der Waals surface area contributed by atoms with Crippen molar-refractivity contribution in [2.24, 2.45) is 0 Å². The van der Waals surface area contributed by atoms with E-state index in [1.807, 2.05) is 6.92 Å². The van der Waals surface area contributed by atoms with Crippen LogP contribution in [0.25, 0.3) is 0 Å². The number of hydrogen-bond donors (Lipinski definition) is 2. The Morgan fingerprint density at radius 3 is 2.67 bits per heavy atom. The van der Waals surface area contributed by atoms with Crippen molar-refractivity contribution in [2.75, 3.05) is 38.2 Å².